The SMILES string of the molecule is COc1oc(CC/C(C)=C/C(C)=C/c2ccc(-c3ccc4ccc(C(=O)O)cc4c3)cc2)c(C)c(=O)c1C. The average Bonchev–Trinajstić information content (AvgIpc) is 2.91. The Hall–Kier alpha value is -4.38. The van der Waals surface area contributed by atoms with Gasteiger partial charge < -0.3 is 14.3 Å². The number of fused-ring (bicyclic) bond motifs is 1. The van der Waals surface area contributed by atoms with Crippen LogP contribution in [0.15, 0.2) is 87.1 Å². The number of carbonyl (C=O) groups is 1. The van der Waals surface area contributed by atoms with E-state index < -0.39 is 5.97 Å². The predicted octanol–water partition coefficient (Wildman–Crippen LogP) is 7.77. The summed E-state index contributed by atoms with van der Waals surface area (Å²) in [6, 6.07) is 19.6. The van der Waals surface area contributed by atoms with E-state index in [-0.39, 0.29) is 16.9 Å². The first-order valence-corrected chi connectivity index (χ1v) is 12.6. The van der Waals surface area contributed by atoms with E-state index in [9.17, 15) is 14.7 Å². The van der Waals surface area contributed by atoms with Gasteiger partial charge in [-0.05, 0) is 79.8 Å². The van der Waals surface area contributed by atoms with Crippen molar-refractivity contribution in [1.82, 2.24) is 0 Å². The summed E-state index contributed by atoms with van der Waals surface area (Å²) in [5.41, 5.74) is 6.91. The van der Waals surface area contributed by atoms with Gasteiger partial charge in [0.2, 0.25) is 0 Å². The third-order valence-corrected chi connectivity index (χ3v) is 6.75. The van der Waals surface area contributed by atoms with Crippen molar-refractivity contribution in [2.45, 2.75) is 40.5 Å². The zero-order chi connectivity index (χ0) is 27.4. The second-order valence-electron chi connectivity index (χ2n) is 9.68. The summed E-state index contributed by atoms with van der Waals surface area (Å²) in [5.74, 6) is 0.0194. The van der Waals surface area contributed by atoms with E-state index >= 15 is 0 Å². The summed E-state index contributed by atoms with van der Waals surface area (Å²) in [6.45, 7) is 7.66. The van der Waals surface area contributed by atoms with Crippen molar-refractivity contribution in [2.24, 2.45) is 0 Å². The van der Waals surface area contributed by atoms with Crippen LogP contribution in [-0.2, 0) is 6.42 Å². The molecule has 0 bridgehead atoms. The molecule has 0 amide bonds. The maximum absolute atomic E-state index is 12.4. The normalized spacial score (nSPS) is 12.1. The Morgan fingerprint density at radius 1 is 0.921 bits per heavy atom. The molecule has 4 rings (SSSR count). The van der Waals surface area contributed by atoms with Crippen LogP contribution in [0, 0.1) is 13.8 Å². The van der Waals surface area contributed by atoms with E-state index in [0.717, 1.165) is 39.5 Å². The Balaban J connectivity index is 1.47. The van der Waals surface area contributed by atoms with Gasteiger partial charge in [-0.2, -0.15) is 0 Å². The Bertz CT molecular complexity index is 1620. The van der Waals surface area contributed by atoms with E-state index in [1.165, 1.54) is 12.7 Å². The molecule has 0 fully saturated rings. The summed E-state index contributed by atoms with van der Waals surface area (Å²) < 4.78 is 11.0. The quantitative estimate of drug-likeness (QED) is 0.246. The highest BCUT2D eigenvalue weighted by Gasteiger charge is 2.14. The lowest BCUT2D eigenvalue weighted by Crippen LogP contribution is -2.13. The molecule has 3 aromatic carbocycles. The predicted molar refractivity (Wildman–Crippen MR) is 153 cm³/mol. The standard InChI is InChI=1S/C33H32O5/c1-20(6-15-30-22(3)31(34)23(4)33(37-5)38-30)16-21(2)17-24-7-9-25(10-8-24)27-13-11-26-12-14-28(32(35)36)19-29(26)18-27/h7-14,16-19H,6,15H2,1-5H3,(H,35,36)/b20-16+,21-17+. The number of hydrogen-bond acceptors (Lipinski definition) is 4. The number of benzene rings is 3. The van der Waals surface area contributed by atoms with Crippen LogP contribution >= 0.6 is 0 Å². The number of aromatic carboxylic acids is 1. The lowest BCUT2D eigenvalue weighted by atomic mass is 9.98. The van der Waals surface area contributed by atoms with Crippen molar-refractivity contribution in [1.29, 1.82) is 0 Å². The lowest BCUT2D eigenvalue weighted by molar-refractivity contribution is 0.0697. The van der Waals surface area contributed by atoms with Crippen LogP contribution in [0.25, 0.3) is 28.0 Å². The van der Waals surface area contributed by atoms with Crippen LogP contribution in [0.5, 0.6) is 5.95 Å². The molecule has 0 saturated carbocycles. The highest BCUT2D eigenvalue weighted by molar-refractivity contribution is 5.95. The molecular formula is C33H32O5. The number of aryl methyl sites for hydroxylation is 1. The maximum atomic E-state index is 12.4. The number of rotatable bonds is 8. The van der Waals surface area contributed by atoms with Crippen molar-refractivity contribution in [3.05, 3.63) is 116 Å². The lowest BCUT2D eigenvalue weighted by Gasteiger charge is -2.09. The number of carboxylic acids is 1. The highest BCUT2D eigenvalue weighted by atomic mass is 16.6. The van der Waals surface area contributed by atoms with Gasteiger partial charge in [0, 0.05) is 12.0 Å². The van der Waals surface area contributed by atoms with Crippen molar-refractivity contribution in [2.75, 3.05) is 7.11 Å². The minimum absolute atomic E-state index is 0.0297. The average molecular weight is 509 g/mol. The number of carboxylic acid groups (broad SMARTS) is 1. The van der Waals surface area contributed by atoms with Gasteiger partial charge in [-0.1, -0.05) is 65.8 Å². The smallest absolute Gasteiger partial charge is 0.335 e. The van der Waals surface area contributed by atoms with Crippen molar-refractivity contribution < 1.29 is 19.1 Å². The third kappa shape index (κ3) is 5.94. The van der Waals surface area contributed by atoms with Gasteiger partial charge in [-0.25, -0.2) is 4.79 Å². The number of methoxy groups -OCH3 is 1. The molecular weight excluding hydrogens is 476 g/mol. The molecule has 0 aliphatic carbocycles. The van der Waals surface area contributed by atoms with Crippen LogP contribution < -0.4 is 10.2 Å². The van der Waals surface area contributed by atoms with Gasteiger partial charge in [0.25, 0.3) is 5.95 Å². The first-order chi connectivity index (χ1) is 18.2. The van der Waals surface area contributed by atoms with Crippen LogP contribution in [0.4, 0.5) is 0 Å². The molecule has 0 spiro atoms. The minimum Gasteiger partial charge on any atom is -0.478 e. The number of allylic oxidation sites excluding steroid dienone is 3. The molecule has 0 radical (unpaired) electrons. The number of hydrogen-bond donors (Lipinski definition) is 1. The number of ether oxygens (including phenoxy) is 1. The molecule has 0 aliphatic heterocycles. The van der Waals surface area contributed by atoms with Gasteiger partial charge in [-0.15, -0.1) is 0 Å². The second kappa shape index (κ2) is 11.3. The summed E-state index contributed by atoms with van der Waals surface area (Å²) in [5, 5.41) is 11.2. The largest absolute Gasteiger partial charge is 0.478 e. The first kappa shape index (κ1) is 26.7. The van der Waals surface area contributed by atoms with Gasteiger partial charge in [0.15, 0.2) is 5.43 Å². The molecule has 0 atom stereocenters. The zero-order valence-corrected chi connectivity index (χ0v) is 22.4. The van der Waals surface area contributed by atoms with E-state index in [4.69, 9.17) is 9.15 Å². The fraction of sp³-hybridized carbons (Fsp3) is 0.212. The topological polar surface area (TPSA) is 76.7 Å². The second-order valence-corrected chi connectivity index (χ2v) is 9.68. The van der Waals surface area contributed by atoms with Crippen molar-refractivity contribution in [3.8, 4) is 17.1 Å². The zero-order valence-electron chi connectivity index (χ0n) is 22.4. The first-order valence-electron chi connectivity index (χ1n) is 12.6. The molecule has 1 aromatic heterocycles. The van der Waals surface area contributed by atoms with E-state index in [1.54, 1.807) is 26.0 Å². The molecule has 4 aromatic rings. The summed E-state index contributed by atoms with van der Waals surface area (Å²) >= 11 is 0. The van der Waals surface area contributed by atoms with Gasteiger partial charge in [0.1, 0.15) is 5.76 Å². The highest BCUT2D eigenvalue weighted by Crippen LogP contribution is 2.26. The van der Waals surface area contributed by atoms with E-state index in [1.807, 2.05) is 18.2 Å². The van der Waals surface area contributed by atoms with E-state index in [2.05, 4.69) is 56.3 Å². The monoisotopic (exact) mass is 508 g/mol. The summed E-state index contributed by atoms with van der Waals surface area (Å²) in [7, 11) is 1.51. The Labute approximate surface area is 222 Å². The Morgan fingerprint density at radius 3 is 2.29 bits per heavy atom. The summed E-state index contributed by atoms with van der Waals surface area (Å²) in [6.07, 6.45) is 5.68. The van der Waals surface area contributed by atoms with Crippen LogP contribution in [-0.4, -0.2) is 18.2 Å². The molecule has 0 aliphatic rings. The molecule has 38 heavy (non-hydrogen) atoms. The fourth-order valence-corrected chi connectivity index (χ4v) is 4.61. The van der Waals surface area contributed by atoms with Gasteiger partial charge in [0.05, 0.1) is 18.2 Å². The van der Waals surface area contributed by atoms with Crippen LogP contribution in [0.3, 0.4) is 0 Å². The maximum Gasteiger partial charge on any atom is 0.335 e. The summed E-state index contributed by atoms with van der Waals surface area (Å²) in [4.78, 5) is 23.7. The van der Waals surface area contributed by atoms with Crippen LogP contribution in [0.2, 0.25) is 0 Å². The van der Waals surface area contributed by atoms with Crippen molar-refractivity contribution >= 4 is 22.8 Å². The van der Waals surface area contributed by atoms with Crippen LogP contribution in [0.1, 0.15) is 53.1 Å². The van der Waals surface area contributed by atoms with Crippen molar-refractivity contribution in [3.63, 3.8) is 0 Å². The van der Waals surface area contributed by atoms with Gasteiger partial charge in [-0.3, -0.25) is 4.79 Å². The van der Waals surface area contributed by atoms with E-state index in [0.29, 0.717) is 23.3 Å². The molecule has 0 unspecified atom stereocenters. The molecule has 5 nitrogen and oxygen atoms in total. The Morgan fingerprint density at radius 2 is 1.61 bits per heavy atom. The Kier molecular flexibility index (Phi) is 7.96. The van der Waals surface area contributed by atoms with Gasteiger partial charge >= 0.3 is 5.97 Å². The molecule has 0 saturated heterocycles. The molecule has 1 N–H and O–H groups in total. The minimum atomic E-state index is -0.926. The molecule has 5 heteroatoms. The fourth-order valence-electron chi connectivity index (χ4n) is 4.61. The molecule has 194 valence electrons. The third-order valence-electron chi connectivity index (χ3n) is 6.75. The molecule has 1 heterocycles.